The first-order chi connectivity index (χ1) is 11.7. The number of sulfonamides is 1. The molecular weight excluding hydrogens is 386 g/mol. The van der Waals surface area contributed by atoms with Crippen molar-refractivity contribution in [1.29, 1.82) is 0 Å². The van der Waals surface area contributed by atoms with Crippen molar-refractivity contribution in [3.05, 3.63) is 48.5 Å². The lowest BCUT2D eigenvalue weighted by Crippen LogP contribution is -2.24. The van der Waals surface area contributed by atoms with Crippen molar-refractivity contribution < 1.29 is 21.6 Å². The van der Waals surface area contributed by atoms with Gasteiger partial charge < -0.3 is 5.32 Å². The summed E-state index contributed by atoms with van der Waals surface area (Å²) >= 11 is 1.14. The first-order valence-electron chi connectivity index (χ1n) is 6.85. The van der Waals surface area contributed by atoms with Crippen LogP contribution < -0.4 is 10.0 Å². The predicted molar refractivity (Wildman–Crippen MR) is 96.8 cm³/mol. The summed E-state index contributed by atoms with van der Waals surface area (Å²) in [4.78, 5) is 15.6. The minimum Gasteiger partial charge on any atom is -0.325 e. The second-order valence-corrected chi connectivity index (χ2v) is 9.54. The molecule has 0 bridgehead atoms. The van der Waals surface area contributed by atoms with Crippen LogP contribution in [-0.2, 0) is 24.7 Å². The zero-order valence-corrected chi connectivity index (χ0v) is 15.3. The van der Waals surface area contributed by atoms with E-state index in [4.69, 9.17) is 0 Å². The van der Waals surface area contributed by atoms with Gasteiger partial charge in [-0.15, -0.1) is 17.9 Å². The van der Waals surface area contributed by atoms with Crippen molar-refractivity contribution in [3.63, 3.8) is 0 Å². The van der Waals surface area contributed by atoms with Crippen molar-refractivity contribution in [3.8, 4) is 0 Å². The fraction of sp³-hybridized carbons (Fsp3) is 0.143. The van der Waals surface area contributed by atoms with E-state index in [-0.39, 0.29) is 21.5 Å². The number of anilines is 2. The van der Waals surface area contributed by atoms with E-state index in [2.05, 4.69) is 21.6 Å². The van der Waals surface area contributed by atoms with Gasteiger partial charge in [0.05, 0.1) is 10.6 Å². The highest BCUT2D eigenvalue weighted by atomic mass is 32.2. The Hall–Kier alpha value is -2.24. The van der Waals surface area contributed by atoms with Gasteiger partial charge in [-0.2, -0.15) is 0 Å². The summed E-state index contributed by atoms with van der Waals surface area (Å²) in [5.41, 5.74) is 0.284. The molecule has 0 saturated carbocycles. The van der Waals surface area contributed by atoms with E-state index in [1.807, 2.05) is 0 Å². The number of aromatic nitrogens is 1. The molecule has 0 spiro atoms. The third kappa shape index (κ3) is 5.66. The van der Waals surface area contributed by atoms with E-state index < -0.39 is 31.5 Å². The second-order valence-electron chi connectivity index (χ2n) is 4.86. The Labute approximate surface area is 149 Å². The number of nitrogens with zero attached hydrogens (tertiary/aromatic N) is 1. The molecule has 0 aliphatic carbocycles. The molecule has 25 heavy (non-hydrogen) atoms. The van der Waals surface area contributed by atoms with Crippen molar-refractivity contribution in [2.45, 2.75) is 4.90 Å². The Morgan fingerprint density at radius 2 is 1.88 bits per heavy atom. The van der Waals surface area contributed by atoms with E-state index in [0.29, 0.717) is 0 Å². The lowest BCUT2D eigenvalue weighted by Gasteiger charge is -2.08. The third-order valence-corrected chi connectivity index (χ3v) is 6.44. The fourth-order valence-electron chi connectivity index (χ4n) is 1.80. The van der Waals surface area contributed by atoms with Crippen LogP contribution in [-0.4, -0.2) is 39.2 Å². The molecule has 0 aliphatic rings. The summed E-state index contributed by atoms with van der Waals surface area (Å²) in [5, 5.41) is 4.28. The number of nitrogens with one attached hydrogen (secondary N) is 2. The molecule has 2 rings (SSSR count). The van der Waals surface area contributed by atoms with Gasteiger partial charge in [-0.1, -0.05) is 6.08 Å². The summed E-state index contributed by atoms with van der Waals surface area (Å²) in [6, 6.07) is 5.33. The number of carbonyl (C=O) groups excluding carboxylic acids is 1. The molecule has 134 valence electrons. The largest absolute Gasteiger partial charge is 0.325 e. The van der Waals surface area contributed by atoms with Gasteiger partial charge in [-0.3, -0.25) is 9.52 Å². The monoisotopic (exact) mass is 401 g/mol. The van der Waals surface area contributed by atoms with Crippen LogP contribution in [0.15, 0.2) is 53.4 Å². The quantitative estimate of drug-likeness (QED) is 0.646. The third-order valence-electron chi connectivity index (χ3n) is 2.83. The van der Waals surface area contributed by atoms with E-state index in [1.54, 1.807) is 5.38 Å². The van der Waals surface area contributed by atoms with Crippen molar-refractivity contribution >= 4 is 47.9 Å². The van der Waals surface area contributed by atoms with Crippen molar-refractivity contribution in [2.75, 3.05) is 21.5 Å². The Bertz CT molecular complexity index is 950. The predicted octanol–water partition coefficient (Wildman–Crippen LogP) is 1.48. The normalized spacial score (nSPS) is 11.7. The summed E-state index contributed by atoms with van der Waals surface area (Å²) in [5.74, 6) is -1.68. The summed E-state index contributed by atoms with van der Waals surface area (Å²) in [6.07, 6.45) is 2.68. The Morgan fingerprint density at radius 3 is 2.44 bits per heavy atom. The average Bonchev–Trinajstić information content (AvgIpc) is 2.99. The molecule has 1 aromatic heterocycles. The molecule has 2 aromatic rings. The minimum absolute atomic E-state index is 0.0139. The SMILES string of the molecule is C=CCS(=O)(=O)CC(=O)Nc1ccc(S(=O)(=O)Nc2nccs2)cc1. The molecule has 0 radical (unpaired) electrons. The summed E-state index contributed by atoms with van der Waals surface area (Å²) in [6.45, 7) is 3.32. The topological polar surface area (TPSA) is 122 Å². The van der Waals surface area contributed by atoms with Crippen LogP contribution in [0.1, 0.15) is 0 Å². The summed E-state index contributed by atoms with van der Waals surface area (Å²) in [7, 11) is -7.34. The lowest BCUT2D eigenvalue weighted by atomic mass is 10.3. The van der Waals surface area contributed by atoms with Crippen LogP contribution in [0.25, 0.3) is 0 Å². The first-order valence-corrected chi connectivity index (χ1v) is 11.0. The highest BCUT2D eigenvalue weighted by molar-refractivity contribution is 7.93. The second kappa shape index (κ2) is 7.76. The maximum absolute atomic E-state index is 12.2. The molecule has 0 aliphatic heterocycles. The Kier molecular flexibility index (Phi) is 5.93. The Balaban J connectivity index is 2.04. The number of amides is 1. The number of sulfone groups is 1. The van der Waals surface area contributed by atoms with Crippen LogP contribution in [0.4, 0.5) is 10.8 Å². The number of carbonyl (C=O) groups is 1. The van der Waals surface area contributed by atoms with Gasteiger partial charge in [0.25, 0.3) is 10.0 Å². The van der Waals surface area contributed by atoms with E-state index >= 15 is 0 Å². The van der Waals surface area contributed by atoms with Gasteiger partial charge >= 0.3 is 0 Å². The lowest BCUT2D eigenvalue weighted by molar-refractivity contribution is -0.113. The number of hydrogen-bond donors (Lipinski definition) is 2. The van der Waals surface area contributed by atoms with Gasteiger partial charge in [-0.05, 0) is 24.3 Å². The molecule has 1 amide bonds. The molecule has 1 heterocycles. The van der Waals surface area contributed by atoms with Crippen LogP contribution in [0.5, 0.6) is 0 Å². The minimum atomic E-state index is -3.79. The molecule has 0 fully saturated rings. The molecular formula is C14H15N3O5S3. The van der Waals surface area contributed by atoms with Crippen LogP contribution in [0, 0.1) is 0 Å². The average molecular weight is 401 g/mol. The maximum atomic E-state index is 12.2. The van der Waals surface area contributed by atoms with Gasteiger partial charge in [0.1, 0.15) is 5.75 Å². The number of hydrogen-bond acceptors (Lipinski definition) is 7. The van der Waals surface area contributed by atoms with Crippen LogP contribution >= 0.6 is 11.3 Å². The van der Waals surface area contributed by atoms with Crippen molar-refractivity contribution in [1.82, 2.24) is 4.98 Å². The molecule has 0 atom stereocenters. The molecule has 2 N–H and O–H groups in total. The zero-order chi connectivity index (χ0) is 18.5. The van der Waals surface area contributed by atoms with Gasteiger partial charge in [0.2, 0.25) is 5.91 Å². The molecule has 11 heteroatoms. The molecule has 0 saturated heterocycles. The fourth-order valence-corrected chi connectivity index (χ4v) is 4.54. The molecule has 1 aromatic carbocycles. The highest BCUT2D eigenvalue weighted by Gasteiger charge is 2.17. The van der Waals surface area contributed by atoms with Gasteiger partial charge in [0.15, 0.2) is 15.0 Å². The van der Waals surface area contributed by atoms with E-state index in [1.165, 1.54) is 36.5 Å². The standard InChI is InChI=1S/C14H15N3O5S3/c1-2-9-24(19,20)10-13(18)16-11-3-5-12(6-4-11)25(21,22)17-14-15-7-8-23-14/h2-8H,1,9-10H2,(H,15,17)(H,16,18). The van der Waals surface area contributed by atoms with Crippen LogP contribution in [0.3, 0.4) is 0 Å². The van der Waals surface area contributed by atoms with E-state index in [9.17, 15) is 21.6 Å². The van der Waals surface area contributed by atoms with Gasteiger partial charge in [-0.25, -0.2) is 21.8 Å². The number of benzene rings is 1. The van der Waals surface area contributed by atoms with Crippen molar-refractivity contribution in [2.24, 2.45) is 0 Å². The van der Waals surface area contributed by atoms with Crippen LogP contribution in [0.2, 0.25) is 0 Å². The first kappa shape index (κ1) is 19.1. The number of thiazole rings is 1. The zero-order valence-electron chi connectivity index (χ0n) is 12.9. The maximum Gasteiger partial charge on any atom is 0.263 e. The summed E-state index contributed by atoms with van der Waals surface area (Å²) < 4.78 is 49.8. The molecule has 8 nitrogen and oxygen atoms in total. The molecule has 0 unspecified atom stereocenters. The smallest absolute Gasteiger partial charge is 0.263 e. The number of rotatable bonds is 8. The van der Waals surface area contributed by atoms with E-state index in [0.717, 1.165) is 11.3 Å². The Morgan fingerprint density at radius 1 is 1.20 bits per heavy atom. The van der Waals surface area contributed by atoms with Gasteiger partial charge in [0, 0.05) is 17.3 Å². The highest BCUT2D eigenvalue weighted by Crippen LogP contribution is 2.19.